The van der Waals surface area contributed by atoms with Gasteiger partial charge in [-0.2, -0.15) is 0 Å². The van der Waals surface area contributed by atoms with E-state index in [0.717, 1.165) is 24.3 Å². The van der Waals surface area contributed by atoms with Crippen molar-refractivity contribution < 1.29 is 4.42 Å². The quantitative estimate of drug-likeness (QED) is 0.847. The molecule has 0 aliphatic rings. The SMILES string of the molecule is CCC(C)(C)c1ccc2oc(CNC(C)C)cc2c1. The first-order chi connectivity index (χ1) is 8.92. The summed E-state index contributed by atoms with van der Waals surface area (Å²) >= 11 is 0. The van der Waals surface area contributed by atoms with Crippen molar-refractivity contribution in [1.29, 1.82) is 0 Å². The minimum absolute atomic E-state index is 0.224. The third kappa shape index (κ3) is 3.19. The van der Waals surface area contributed by atoms with Crippen LogP contribution < -0.4 is 5.32 Å². The maximum absolute atomic E-state index is 5.86. The molecule has 19 heavy (non-hydrogen) atoms. The molecule has 0 aliphatic carbocycles. The predicted octanol–water partition coefficient (Wildman–Crippen LogP) is 4.62. The van der Waals surface area contributed by atoms with E-state index in [9.17, 15) is 0 Å². The number of hydrogen-bond donors (Lipinski definition) is 1. The van der Waals surface area contributed by atoms with Crippen LogP contribution >= 0.6 is 0 Å². The minimum Gasteiger partial charge on any atom is -0.460 e. The van der Waals surface area contributed by atoms with Crippen LogP contribution in [-0.4, -0.2) is 6.04 Å². The van der Waals surface area contributed by atoms with Crippen LogP contribution in [0.15, 0.2) is 28.7 Å². The zero-order chi connectivity index (χ0) is 14.0. The van der Waals surface area contributed by atoms with Crippen molar-refractivity contribution in [2.45, 2.75) is 59.0 Å². The Kier molecular flexibility index (Phi) is 4.00. The summed E-state index contributed by atoms with van der Waals surface area (Å²) in [7, 11) is 0. The molecule has 0 atom stereocenters. The van der Waals surface area contributed by atoms with Crippen LogP contribution in [0, 0.1) is 0 Å². The molecular weight excluding hydrogens is 234 g/mol. The molecule has 2 rings (SSSR count). The van der Waals surface area contributed by atoms with Crippen molar-refractivity contribution >= 4 is 11.0 Å². The zero-order valence-corrected chi connectivity index (χ0v) is 12.7. The Labute approximate surface area is 116 Å². The molecule has 1 heterocycles. The fourth-order valence-corrected chi connectivity index (χ4v) is 2.12. The molecule has 0 bridgehead atoms. The lowest BCUT2D eigenvalue weighted by Gasteiger charge is -2.23. The van der Waals surface area contributed by atoms with Gasteiger partial charge in [-0.3, -0.25) is 0 Å². The summed E-state index contributed by atoms with van der Waals surface area (Å²) in [6.07, 6.45) is 1.14. The van der Waals surface area contributed by atoms with E-state index in [1.807, 2.05) is 0 Å². The van der Waals surface area contributed by atoms with E-state index < -0.39 is 0 Å². The van der Waals surface area contributed by atoms with Crippen LogP contribution in [0.25, 0.3) is 11.0 Å². The second-order valence-electron chi connectivity index (χ2n) is 6.24. The summed E-state index contributed by atoms with van der Waals surface area (Å²) in [6, 6.07) is 9.18. The fourth-order valence-electron chi connectivity index (χ4n) is 2.12. The van der Waals surface area contributed by atoms with E-state index in [1.54, 1.807) is 0 Å². The van der Waals surface area contributed by atoms with Crippen LogP contribution in [0.4, 0.5) is 0 Å². The van der Waals surface area contributed by atoms with Gasteiger partial charge < -0.3 is 9.73 Å². The van der Waals surface area contributed by atoms with Gasteiger partial charge in [0.05, 0.1) is 6.54 Å². The van der Waals surface area contributed by atoms with E-state index >= 15 is 0 Å². The third-order valence-corrected chi connectivity index (χ3v) is 3.92. The van der Waals surface area contributed by atoms with Crippen molar-refractivity contribution in [3.63, 3.8) is 0 Å². The topological polar surface area (TPSA) is 25.2 Å². The highest BCUT2D eigenvalue weighted by Crippen LogP contribution is 2.30. The predicted molar refractivity (Wildman–Crippen MR) is 81.5 cm³/mol. The van der Waals surface area contributed by atoms with Gasteiger partial charge in [-0.1, -0.05) is 40.7 Å². The van der Waals surface area contributed by atoms with Crippen molar-refractivity contribution in [2.75, 3.05) is 0 Å². The Hall–Kier alpha value is -1.28. The first kappa shape index (κ1) is 14.1. The molecule has 0 saturated carbocycles. The summed E-state index contributed by atoms with van der Waals surface area (Å²) in [5, 5.41) is 4.59. The van der Waals surface area contributed by atoms with Crippen LogP contribution in [-0.2, 0) is 12.0 Å². The van der Waals surface area contributed by atoms with E-state index in [0.29, 0.717) is 6.04 Å². The third-order valence-electron chi connectivity index (χ3n) is 3.92. The summed E-state index contributed by atoms with van der Waals surface area (Å²) in [5.74, 6) is 1.01. The van der Waals surface area contributed by atoms with Gasteiger partial charge in [-0.15, -0.1) is 0 Å². The molecule has 0 spiro atoms. The van der Waals surface area contributed by atoms with Gasteiger partial charge in [0.2, 0.25) is 0 Å². The number of hydrogen-bond acceptors (Lipinski definition) is 2. The van der Waals surface area contributed by atoms with E-state index in [2.05, 4.69) is 64.2 Å². The molecule has 2 nitrogen and oxygen atoms in total. The van der Waals surface area contributed by atoms with Crippen molar-refractivity contribution in [2.24, 2.45) is 0 Å². The Bertz CT molecular complexity index is 551. The highest BCUT2D eigenvalue weighted by Gasteiger charge is 2.18. The average Bonchev–Trinajstić information content (AvgIpc) is 2.78. The fraction of sp³-hybridized carbons (Fsp3) is 0.529. The minimum atomic E-state index is 0.224. The standard InChI is InChI=1S/C17H25NO/c1-6-17(4,5)14-7-8-16-13(9-14)10-15(19-16)11-18-12(2)3/h7-10,12,18H,6,11H2,1-5H3. The lowest BCUT2D eigenvalue weighted by molar-refractivity contribution is 0.488. The second kappa shape index (κ2) is 5.38. The van der Waals surface area contributed by atoms with Gasteiger partial charge in [0.1, 0.15) is 11.3 Å². The summed E-state index contributed by atoms with van der Waals surface area (Å²) < 4.78 is 5.86. The smallest absolute Gasteiger partial charge is 0.134 e. The number of fused-ring (bicyclic) bond motifs is 1. The maximum atomic E-state index is 5.86. The first-order valence-electron chi connectivity index (χ1n) is 7.18. The Balaban J connectivity index is 2.28. The number of rotatable bonds is 5. The van der Waals surface area contributed by atoms with Crippen LogP contribution in [0.3, 0.4) is 0 Å². The summed E-state index contributed by atoms with van der Waals surface area (Å²) in [5.41, 5.74) is 2.59. The molecule has 1 aromatic carbocycles. The largest absolute Gasteiger partial charge is 0.460 e. The lowest BCUT2D eigenvalue weighted by atomic mass is 9.82. The van der Waals surface area contributed by atoms with Crippen LogP contribution in [0.2, 0.25) is 0 Å². The molecule has 2 aromatic rings. The van der Waals surface area contributed by atoms with Crippen molar-refractivity contribution in [3.8, 4) is 0 Å². The molecule has 0 saturated heterocycles. The van der Waals surface area contributed by atoms with Crippen LogP contribution in [0.1, 0.15) is 52.4 Å². The van der Waals surface area contributed by atoms with Crippen LogP contribution in [0.5, 0.6) is 0 Å². The molecule has 1 N–H and O–H groups in total. The second-order valence-corrected chi connectivity index (χ2v) is 6.24. The highest BCUT2D eigenvalue weighted by atomic mass is 16.3. The number of nitrogens with one attached hydrogen (secondary N) is 1. The molecular formula is C17H25NO. The van der Waals surface area contributed by atoms with Gasteiger partial charge in [-0.05, 0) is 35.6 Å². The van der Waals surface area contributed by atoms with E-state index in [4.69, 9.17) is 4.42 Å². The molecule has 0 radical (unpaired) electrons. The normalized spacial score (nSPS) is 12.5. The zero-order valence-electron chi connectivity index (χ0n) is 12.7. The van der Waals surface area contributed by atoms with Gasteiger partial charge in [0.25, 0.3) is 0 Å². The first-order valence-corrected chi connectivity index (χ1v) is 7.18. The average molecular weight is 259 g/mol. The summed E-state index contributed by atoms with van der Waals surface area (Å²) in [6.45, 7) is 11.9. The number of furan rings is 1. The van der Waals surface area contributed by atoms with Crippen molar-refractivity contribution in [3.05, 3.63) is 35.6 Å². The van der Waals surface area contributed by atoms with Gasteiger partial charge in [-0.25, -0.2) is 0 Å². The molecule has 2 heteroatoms. The molecule has 0 aliphatic heterocycles. The molecule has 104 valence electrons. The lowest BCUT2D eigenvalue weighted by Crippen LogP contribution is -2.21. The molecule has 0 unspecified atom stereocenters. The van der Waals surface area contributed by atoms with E-state index in [-0.39, 0.29) is 5.41 Å². The molecule has 0 amide bonds. The maximum Gasteiger partial charge on any atom is 0.134 e. The Morgan fingerprint density at radius 1 is 1.21 bits per heavy atom. The molecule has 0 fully saturated rings. The van der Waals surface area contributed by atoms with Gasteiger partial charge >= 0.3 is 0 Å². The number of benzene rings is 1. The molecule has 1 aromatic heterocycles. The Morgan fingerprint density at radius 2 is 1.95 bits per heavy atom. The van der Waals surface area contributed by atoms with Gasteiger partial charge in [0.15, 0.2) is 0 Å². The Morgan fingerprint density at radius 3 is 2.58 bits per heavy atom. The monoisotopic (exact) mass is 259 g/mol. The summed E-state index contributed by atoms with van der Waals surface area (Å²) in [4.78, 5) is 0. The van der Waals surface area contributed by atoms with E-state index in [1.165, 1.54) is 10.9 Å². The van der Waals surface area contributed by atoms with Crippen molar-refractivity contribution in [1.82, 2.24) is 5.32 Å². The highest BCUT2D eigenvalue weighted by molar-refractivity contribution is 5.79. The van der Waals surface area contributed by atoms with Gasteiger partial charge in [0, 0.05) is 11.4 Å².